The van der Waals surface area contributed by atoms with Gasteiger partial charge in [-0.15, -0.1) is 0 Å². The minimum Gasteiger partial charge on any atom is -0.471 e. The number of hydrogen-bond donors (Lipinski definition) is 2. The van der Waals surface area contributed by atoms with E-state index in [2.05, 4.69) is 10.4 Å². The summed E-state index contributed by atoms with van der Waals surface area (Å²) in [5.41, 5.74) is 0.710. The molecule has 1 aromatic rings. The van der Waals surface area contributed by atoms with Crippen LogP contribution in [0.1, 0.15) is 32.0 Å². The van der Waals surface area contributed by atoms with E-state index in [-0.39, 0.29) is 18.0 Å². The van der Waals surface area contributed by atoms with E-state index in [1.807, 2.05) is 27.0 Å². The van der Waals surface area contributed by atoms with E-state index < -0.39 is 0 Å². The van der Waals surface area contributed by atoms with E-state index in [9.17, 15) is 0 Å². The predicted molar refractivity (Wildman–Crippen MR) is 72.6 cm³/mol. The molecule has 6 heteroatoms. The van der Waals surface area contributed by atoms with Crippen molar-refractivity contribution in [1.82, 2.24) is 15.1 Å². The van der Waals surface area contributed by atoms with Gasteiger partial charge in [0.1, 0.15) is 11.8 Å². The molecule has 0 bridgehead atoms. The maximum absolute atomic E-state index is 8.08. The van der Waals surface area contributed by atoms with Gasteiger partial charge in [0.2, 0.25) is 5.90 Å². The summed E-state index contributed by atoms with van der Waals surface area (Å²) in [6.07, 6.45) is 2.48. The molecule has 2 atom stereocenters. The zero-order valence-corrected chi connectivity index (χ0v) is 11.7. The Kier molecular flexibility index (Phi) is 4.55. The van der Waals surface area contributed by atoms with Crippen LogP contribution >= 0.6 is 0 Å². The van der Waals surface area contributed by atoms with E-state index in [1.165, 1.54) is 0 Å². The predicted octanol–water partition coefficient (Wildman–Crippen LogP) is 1.18. The number of ether oxygens (including phenoxy) is 2. The van der Waals surface area contributed by atoms with Gasteiger partial charge in [0, 0.05) is 24.7 Å². The lowest BCUT2D eigenvalue weighted by Gasteiger charge is -2.29. The summed E-state index contributed by atoms with van der Waals surface area (Å²) >= 11 is 0. The van der Waals surface area contributed by atoms with Crippen LogP contribution in [-0.4, -0.2) is 48.1 Å². The number of rotatable bonds is 4. The van der Waals surface area contributed by atoms with Crippen LogP contribution in [0.25, 0.3) is 0 Å². The zero-order chi connectivity index (χ0) is 13.8. The van der Waals surface area contributed by atoms with E-state index in [0.29, 0.717) is 24.9 Å². The highest BCUT2D eigenvalue weighted by molar-refractivity contribution is 5.89. The second-order valence-corrected chi connectivity index (χ2v) is 5.08. The first-order valence-electron chi connectivity index (χ1n) is 6.66. The van der Waals surface area contributed by atoms with Crippen LogP contribution in [0.3, 0.4) is 0 Å². The van der Waals surface area contributed by atoms with Gasteiger partial charge >= 0.3 is 0 Å². The fourth-order valence-electron chi connectivity index (χ4n) is 2.21. The monoisotopic (exact) mass is 266 g/mol. The SMILES string of the molecule is CN[C@@H]1COC[C@H](OC(=N)c2ccnn2C(C)C)C1. The highest BCUT2D eigenvalue weighted by atomic mass is 16.5. The van der Waals surface area contributed by atoms with Crippen molar-refractivity contribution in [2.75, 3.05) is 20.3 Å². The van der Waals surface area contributed by atoms with E-state index in [1.54, 1.807) is 10.9 Å². The molecule has 0 aliphatic carbocycles. The van der Waals surface area contributed by atoms with Gasteiger partial charge in [0.15, 0.2) is 0 Å². The molecular formula is C13H22N4O2. The molecule has 0 radical (unpaired) electrons. The molecule has 19 heavy (non-hydrogen) atoms. The van der Waals surface area contributed by atoms with Crippen molar-refractivity contribution in [2.24, 2.45) is 0 Å². The van der Waals surface area contributed by atoms with Crippen LogP contribution in [0.4, 0.5) is 0 Å². The third-order valence-corrected chi connectivity index (χ3v) is 3.26. The van der Waals surface area contributed by atoms with Gasteiger partial charge in [-0.05, 0) is 27.0 Å². The second-order valence-electron chi connectivity index (χ2n) is 5.08. The maximum atomic E-state index is 8.08. The molecule has 2 N–H and O–H groups in total. The summed E-state index contributed by atoms with van der Waals surface area (Å²) in [6.45, 7) is 5.30. The summed E-state index contributed by atoms with van der Waals surface area (Å²) in [4.78, 5) is 0. The molecule has 2 heterocycles. The number of likely N-dealkylation sites (N-methyl/N-ethyl adjacent to an activating group) is 1. The van der Waals surface area contributed by atoms with Gasteiger partial charge in [0.05, 0.1) is 13.2 Å². The quantitative estimate of drug-likeness (QED) is 0.634. The third-order valence-electron chi connectivity index (χ3n) is 3.26. The van der Waals surface area contributed by atoms with Crippen LogP contribution in [0, 0.1) is 5.41 Å². The van der Waals surface area contributed by atoms with Gasteiger partial charge in [-0.2, -0.15) is 5.10 Å². The molecule has 1 aliphatic heterocycles. The Morgan fingerprint density at radius 1 is 1.58 bits per heavy atom. The number of nitrogens with zero attached hydrogens (tertiary/aromatic N) is 2. The molecule has 1 saturated heterocycles. The van der Waals surface area contributed by atoms with Crippen molar-refractivity contribution in [1.29, 1.82) is 5.41 Å². The summed E-state index contributed by atoms with van der Waals surface area (Å²) < 4.78 is 13.0. The smallest absolute Gasteiger partial charge is 0.232 e. The fraction of sp³-hybridized carbons (Fsp3) is 0.692. The van der Waals surface area contributed by atoms with Crippen LogP contribution in [0.5, 0.6) is 0 Å². The second kappa shape index (κ2) is 6.16. The number of aromatic nitrogens is 2. The summed E-state index contributed by atoms with van der Waals surface area (Å²) in [6, 6.07) is 2.31. The van der Waals surface area contributed by atoms with Crippen molar-refractivity contribution >= 4 is 5.90 Å². The molecular weight excluding hydrogens is 244 g/mol. The average molecular weight is 266 g/mol. The van der Waals surface area contributed by atoms with Gasteiger partial charge in [-0.3, -0.25) is 10.1 Å². The van der Waals surface area contributed by atoms with Crippen LogP contribution in [0.2, 0.25) is 0 Å². The average Bonchev–Trinajstić information content (AvgIpc) is 2.88. The summed E-state index contributed by atoms with van der Waals surface area (Å²) in [7, 11) is 1.91. The van der Waals surface area contributed by atoms with E-state index in [4.69, 9.17) is 14.9 Å². The van der Waals surface area contributed by atoms with E-state index >= 15 is 0 Å². The Balaban J connectivity index is 1.98. The van der Waals surface area contributed by atoms with Crippen molar-refractivity contribution in [3.63, 3.8) is 0 Å². The summed E-state index contributed by atoms with van der Waals surface area (Å²) in [5, 5.41) is 15.5. The first kappa shape index (κ1) is 14.0. The normalized spacial score (nSPS) is 23.6. The number of hydrogen-bond acceptors (Lipinski definition) is 5. The minimum absolute atomic E-state index is 0.0748. The maximum Gasteiger partial charge on any atom is 0.232 e. The van der Waals surface area contributed by atoms with Gasteiger partial charge in [-0.25, -0.2) is 0 Å². The van der Waals surface area contributed by atoms with Crippen LogP contribution in [-0.2, 0) is 9.47 Å². The standard InChI is InChI=1S/C13H22N4O2/c1-9(2)17-12(4-5-16-17)13(14)19-11-6-10(15-3)7-18-8-11/h4-5,9-11,14-15H,6-8H2,1-3H3/t10-,11+/m0/s1. The molecule has 1 fully saturated rings. The van der Waals surface area contributed by atoms with Crippen molar-refractivity contribution in [2.45, 2.75) is 38.5 Å². The first-order valence-corrected chi connectivity index (χ1v) is 6.66. The zero-order valence-electron chi connectivity index (χ0n) is 11.7. The van der Waals surface area contributed by atoms with Gasteiger partial charge < -0.3 is 14.8 Å². The highest BCUT2D eigenvalue weighted by Gasteiger charge is 2.25. The third kappa shape index (κ3) is 3.33. The highest BCUT2D eigenvalue weighted by Crippen LogP contribution is 2.15. The fourth-order valence-corrected chi connectivity index (χ4v) is 2.21. The lowest BCUT2D eigenvalue weighted by atomic mass is 10.1. The Labute approximate surface area is 113 Å². The molecule has 2 rings (SSSR count). The molecule has 6 nitrogen and oxygen atoms in total. The van der Waals surface area contributed by atoms with Crippen LogP contribution < -0.4 is 5.32 Å². The summed E-state index contributed by atoms with van der Waals surface area (Å²) in [5.74, 6) is 0.163. The minimum atomic E-state index is -0.0748. The Morgan fingerprint density at radius 3 is 3.05 bits per heavy atom. The van der Waals surface area contributed by atoms with Crippen molar-refractivity contribution in [3.8, 4) is 0 Å². The van der Waals surface area contributed by atoms with Crippen LogP contribution in [0.15, 0.2) is 12.3 Å². The van der Waals surface area contributed by atoms with Crippen molar-refractivity contribution in [3.05, 3.63) is 18.0 Å². The topological polar surface area (TPSA) is 72.2 Å². The molecule has 0 unspecified atom stereocenters. The molecule has 106 valence electrons. The Morgan fingerprint density at radius 2 is 2.37 bits per heavy atom. The first-order chi connectivity index (χ1) is 9.11. The van der Waals surface area contributed by atoms with Gasteiger partial charge in [0.25, 0.3) is 0 Å². The Hall–Kier alpha value is -1.40. The largest absolute Gasteiger partial charge is 0.471 e. The van der Waals surface area contributed by atoms with Gasteiger partial charge in [-0.1, -0.05) is 0 Å². The molecule has 0 aromatic carbocycles. The molecule has 1 aromatic heterocycles. The molecule has 1 aliphatic rings. The van der Waals surface area contributed by atoms with E-state index in [0.717, 1.165) is 6.42 Å². The lowest BCUT2D eigenvalue weighted by Crippen LogP contribution is -2.42. The lowest BCUT2D eigenvalue weighted by molar-refractivity contribution is -0.0153. The number of nitrogens with one attached hydrogen (secondary N) is 2. The molecule has 0 saturated carbocycles. The Bertz CT molecular complexity index is 430. The molecule has 0 amide bonds. The van der Waals surface area contributed by atoms with Crippen molar-refractivity contribution < 1.29 is 9.47 Å². The molecule has 0 spiro atoms.